The first-order chi connectivity index (χ1) is 32.0. The van der Waals surface area contributed by atoms with Crippen LogP contribution in [0.25, 0.3) is 83.1 Å². The molecule has 2 heteroatoms. The Labute approximate surface area is 381 Å². The van der Waals surface area contributed by atoms with Crippen LogP contribution in [0.5, 0.6) is 0 Å². The van der Waals surface area contributed by atoms with E-state index in [0.29, 0.717) is 0 Å². The number of rotatable bonds is 8. The monoisotopic (exact) mass is 830 g/mol. The van der Waals surface area contributed by atoms with Crippen LogP contribution in [0.4, 0.5) is 17.1 Å². The van der Waals surface area contributed by atoms with Gasteiger partial charge in [-0.1, -0.05) is 190 Å². The minimum atomic E-state index is -0.0959. The van der Waals surface area contributed by atoms with E-state index in [1.165, 1.54) is 88.6 Å². The van der Waals surface area contributed by atoms with Crippen molar-refractivity contribution < 1.29 is 0 Å². The van der Waals surface area contributed by atoms with Crippen LogP contribution in [-0.2, 0) is 5.41 Å². The van der Waals surface area contributed by atoms with Crippen LogP contribution in [0.1, 0.15) is 25.0 Å². The summed E-state index contributed by atoms with van der Waals surface area (Å²) in [6, 6.07) is 88.7. The highest BCUT2D eigenvalue weighted by molar-refractivity contribution is 6.10. The molecule has 1 aliphatic rings. The van der Waals surface area contributed by atoms with Gasteiger partial charge >= 0.3 is 0 Å². The van der Waals surface area contributed by atoms with Crippen LogP contribution in [0.15, 0.2) is 243 Å². The Morgan fingerprint density at radius 1 is 0.308 bits per heavy atom. The van der Waals surface area contributed by atoms with Gasteiger partial charge in [-0.15, -0.1) is 0 Å². The summed E-state index contributed by atoms with van der Waals surface area (Å²) >= 11 is 0. The predicted octanol–water partition coefficient (Wildman–Crippen LogP) is 17.2. The molecular formula is C63H46N2. The Bertz CT molecular complexity index is 3510. The second kappa shape index (κ2) is 15.6. The zero-order valence-electron chi connectivity index (χ0n) is 36.5. The fourth-order valence-electron chi connectivity index (χ4n) is 10.2. The van der Waals surface area contributed by atoms with Crippen molar-refractivity contribution in [2.45, 2.75) is 19.3 Å². The van der Waals surface area contributed by atoms with Crippen LogP contribution in [0, 0.1) is 0 Å². The molecule has 0 N–H and O–H groups in total. The van der Waals surface area contributed by atoms with Gasteiger partial charge in [-0.2, -0.15) is 0 Å². The van der Waals surface area contributed by atoms with E-state index in [1.807, 2.05) is 0 Å². The number of nitrogens with zero attached hydrogens (tertiary/aromatic N) is 2. The maximum absolute atomic E-state index is 2.41. The van der Waals surface area contributed by atoms with Crippen LogP contribution < -0.4 is 4.90 Å². The van der Waals surface area contributed by atoms with Crippen LogP contribution in [0.2, 0.25) is 0 Å². The minimum Gasteiger partial charge on any atom is -0.310 e. The van der Waals surface area contributed by atoms with Gasteiger partial charge in [-0.3, -0.25) is 0 Å². The number of benzene rings is 10. The quantitative estimate of drug-likeness (QED) is 0.148. The van der Waals surface area contributed by atoms with Gasteiger partial charge in [0.1, 0.15) is 0 Å². The molecule has 11 aromatic rings. The van der Waals surface area contributed by atoms with Crippen molar-refractivity contribution in [3.63, 3.8) is 0 Å². The van der Waals surface area contributed by atoms with E-state index in [9.17, 15) is 0 Å². The van der Waals surface area contributed by atoms with Crippen molar-refractivity contribution >= 4 is 38.9 Å². The standard InChI is InChI=1S/C63H46N2/c1-63(2)59-19-11-9-17-55(59)56-39-38-54(42-60(56)63)64(51-32-25-46(26-33-51)43-13-5-3-6-14-43)52-34-27-48(28-35-52)45-21-23-49(24-22-45)50-31-40-62-58(41-50)57-18-10-12-20-61(57)65(62)53-36-29-47(30-37-53)44-15-7-4-8-16-44/h3-42H,1-2H3. The lowest BCUT2D eigenvalue weighted by Crippen LogP contribution is -2.16. The number of aromatic nitrogens is 1. The topological polar surface area (TPSA) is 8.17 Å². The van der Waals surface area contributed by atoms with Crippen LogP contribution in [0.3, 0.4) is 0 Å². The molecule has 2 nitrogen and oxygen atoms in total. The van der Waals surface area contributed by atoms with Crippen molar-refractivity contribution in [3.8, 4) is 61.3 Å². The highest BCUT2D eigenvalue weighted by atomic mass is 15.1. The van der Waals surface area contributed by atoms with Crippen molar-refractivity contribution in [3.05, 3.63) is 254 Å². The molecule has 1 aliphatic carbocycles. The van der Waals surface area contributed by atoms with Gasteiger partial charge < -0.3 is 9.47 Å². The Morgan fingerprint density at radius 3 is 1.35 bits per heavy atom. The van der Waals surface area contributed by atoms with E-state index < -0.39 is 0 Å². The SMILES string of the molecule is CC1(C)c2ccccc2-c2ccc(N(c3ccc(-c4ccccc4)cc3)c3ccc(-c4ccc(-c5ccc6c(c5)c5ccccc5n6-c5ccc(-c6ccccc6)cc5)cc4)cc3)cc21. The molecule has 10 aromatic carbocycles. The molecule has 0 fully saturated rings. The van der Waals surface area contributed by atoms with Crippen molar-refractivity contribution in [1.82, 2.24) is 4.57 Å². The summed E-state index contributed by atoms with van der Waals surface area (Å²) in [5.74, 6) is 0. The van der Waals surface area contributed by atoms with E-state index in [2.05, 4.69) is 266 Å². The molecule has 0 spiro atoms. The van der Waals surface area contributed by atoms with Crippen LogP contribution in [-0.4, -0.2) is 4.57 Å². The molecule has 0 amide bonds. The van der Waals surface area contributed by atoms with Crippen molar-refractivity contribution in [2.24, 2.45) is 0 Å². The normalized spacial score (nSPS) is 12.6. The second-order valence-electron chi connectivity index (χ2n) is 17.8. The Kier molecular flexibility index (Phi) is 9.21. The first-order valence-electron chi connectivity index (χ1n) is 22.6. The molecule has 12 rings (SSSR count). The molecule has 0 saturated heterocycles. The fraction of sp³-hybridized carbons (Fsp3) is 0.0476. The van der Waals surface area contributed by atoms with Gasteiger partial charge in [0, 0.05) is 38.9 Å². The molecule has 0 unspecified atom stereocenters. The molecule has 1 aromatic heterocycles. The number of hydrogen-bond donors (Lipinski definition) is 0. The minimum absolute atomic E-state index is 0.0959. The third kappa shape index (κ3) is 6.65. The van der Waals surface area contributed by atoms with E-state index in [0.717, 1.165) is 22.7 Å². The maximum atomic E-state index is 2.41. The van der Waals surface area contributed by atoms with E-state index in [1.54, 1.807) is 0 Å². The lowest BCUT2D eigenvalue weighted by Gasteiger charge is -2.28. The highest BCUT2D eigenvalue weighted by Crippen LogP contribution is 2.51. The van der Waals surface area contributed by atoms with Gasteiger partial charge in [-0.05, 0) is 133 Å². The van der Waals surface area contributed by atoms with E-state index in [4.69, 9.17) is 0 Å². The second-order valence-corrected chi connectivity index (χ2v) is 17.8. The third-order valence-electron chi connectivity index (χ3n) is 13.6. The summed E-state index contributed by atoms with van der Waals surface area (Å²) in [7, 11) is 0. The molecule has 308 valence electrons. The molecular weight excluding hydrogens is 785 g/mol. The van der Waals surface area contributed by atoms with Gasteiger partial charge in [0.25, 0.3) is 0 Å². The molecule has 0 bridgehead atoms. The number of para-hydroxylation sites is 1. The average molecular weight is 831 g/mol. The first kappa shape index (κ1) is 38.5. The van der Waals surface area contributed by atoms with Gasteiger partial charge in [0.15, 0.2) is 0 Å². The number of hydrogen-bond acceptors (Lipinski definition) is 1. The summed E-state index contributed by atoms with van der Waals surface area (Å²) in [6.45, 7) is 4.70. The summed E-state index contributed by atoms with van der Waals surface area (Å²) in [6.07, 6.45) is 0. The van der Waals surface area contributed by atoms with Gasteiger partial charge in [0.2, 0.25) is 0 Å². The zero-order valence-corrected chi connectivity index (χ0v) is 36.5. The Hall–Kier alpha value is -8.20. The smallest absolute Gasteiger partial charge is 0.0541 e. The first-order valence-corrected chi connectivity index (χ1v) is 22.6. The lowest BCUT2D eigenvalue weighted by atomic mass is 9.82. The zero-order chi connectivity index (χ0) is 43.5. The maximum Gasteiger partial charge on any atom is 0.0541 e. The average Bonchev–Trinajstić information content (AvgIpc) is 3.82. The summed E-state index contributed by atoms with van der Waals surface area (Å²) in [5.41, 5.74) is 21.9. The number of anilines is 3. The molecule has 65 heavy (non-hydrogen) atoms. The van der Waals surface area contributed by atoms with Gasteiger partial charge in [0.05, 0.1) is 11.0 Å². The van der Waals surface area contributed by atoms with E-state index in [-0.39, 0.29) is 5.41 Å². The Balaban J connectivity index is 0.860. The molecule has 1 heterocycles. The van der Waals surface area contributed by atoms with Crippen molar-refractivity contribution in [2.75, 3.05) is 4.90 Å². The third-order valence-corrected chi connectivity index (χ3v) is 13.6. The lowest BCUT2D eigenvalue weighted by molar-refractivity contribution is 0.660. The summed E-state index contributed by atoms with van der Waals surface area (Å²) < 4.78 is 2.39. The van der Waals surface area contributed by atoms with Crippen molar-refractivity contribution in [1.29, 1.82) is 0 Å². The predicted molar refractivity (Wildman–Crippen MR) is 275 cm³/mol. The van der Waals surface area contributed by atoms with Gasteiger partial charge in [-0.25, -0.2) is 0 Å². The highest BCUT2D eigenvalue weighted by Gasteiger charge is 2.35. The Morgan fingerprint density at radius 2 is 0.738 bits per heavy atom. The number of fused-ring (bicyclic) bond motifs is 6. The molecule has 0 radical (unpaired) electrons. The summed E-state index contributed by atoms with van der Waals surface area (Å²) in [5, 5.41) is 2.50. The van der Waals surface area contributed by atoms with Crippen LogP contribution >= 0.6 is 0 Å². The molecule has 0 aliphatic heterocycles. The largest absolute Gasteiger partial charge is 0.310 e. The molecule has 0 saturated carbocycles. The molecule has 0 atom stereocenters. The van der Waals surface area contributed by atoms with E-state index >= 15 is 0 Å². The fourth-order valence-corrected chi connectivity index (χ4v) is 10.2. The summed E-state index contributed by atoms with van der Waals surface area (Å²) in [4.78, 5) is 2.40.